The molecule has 1 unspecified atom stereocenters. The van der Waals surface area contributed by atoms with Crippen LogP contribution in [0, 0.1) is 11.6 Å². The summed E-state index contributed by atoms with van der Waals surface area (Å²) in [7, 11) is 0. The van der Waals surface area contributed by atoms with Gasteiger partial charge in [0.2, 0.25) is 0 Å². The Labute approximate surface area is 193 Å². The van der Waals surface area contributed by atoms with E-state index in [4.69, 9.17) is 0 Å². The minimum absolute atomic E-state index is 0.301. The number of aromatic nitrogens is 1. The molecule has 1 fully saturated rings. The highest BCUT2D eigenvalue weighted by Gasteiger charge is 2.21. The molecular formula is C26H28F2N4O. The monoisotopic (exact) mass is 450 g/mol. The van der Waals surface area contributed by atoms with Crippen LogP contribution >= 0.6 is 0 Å². The lowest BCUT2D eigenvalue weighted by atomic mass is 9.99. The average molecular weight is 451 g/mol. The summed E-state index contributed by atoms with van der Waals surface area (Å²) in [6.07, 6.45) is 3.22. The number of halogens is 2. The summed E-state index contributed by atoms with van der Waals surface area (Å²) >= 11 is 0. The van der Waals surface area contributed by atoms with Crippen LogP contribution in [0.1, 0.15) is 41.4 Å². The highest BCUT2D eigenvalue weighted by atomic mass is 19.2. The molecule has 172 valence electrons. The van der Waals surface area contributed by atoms with Crippen molar-refractivity contribution in [2.24, 2.45) is 0 Å². The Hall–Kier alpha value is -3.32. The van der Waals surface area contributed by atoms with Gasteiger partial charge < -0.3 is 10.2 Å². The number of benzene rings is 2. The van der Waals surface area contributed by atoms with Crippen molar-refractivity contribution < 1.29 is 13.6 Å². The highest BCUT2D eigenvalue weighted by molar-refractivity contribution is 5.95. The number of pyridine rings is 1. The van der Waals surface area contributed by atoms with Crippen LogP contribution in [0.5, 0.6) is 0 Å². The van der Waals surface area contributed by atoms with Gasteiger partial charge in [0.15, 0.2) is 11.6 Å². The van der Waals surface area contributed by atoms with Crippen molar-refractivity contribution in [1.82, 2.24) is 15.2 Å². The van der Waals surface area contributed by atoms with E-state index in [9.17, 15) is 13.6 Å². The van der Waals surface area contributed by atoms with Crippen LogP contribution in [0.4, 0.5) is 14.5 Å². The Morgan fingerprint density at radius 2 is 1.67 bits per heavy atom. The second kappa shape index (κ2) is 10.1. The minimum Gasteiger partial charge on any atom is -0.369 e. The number of amides is 1. The number of hydrogen-bond acceptors (Lipinski definition) is 4. The first-order valence-electron chi connectivity index (χ1n) is 11.2. The molecule has 33 heavy (non-hydrogen) atoms. The minimum atomic E-state index is -0.961. The van der Waals surface area contributed by atoms with Gasteiger partial charge in [-0.1, -0.05) is 12.1 Å². The molecule has 0 spiro atoms. The molecule has 1 amide bonds. The van der Waals surface area contributed by atoms with Gasteiger partial charge in [-0.25, -0.2) is 8.78 Å². The van der Waals surface area contributed by atoms with Crippen molar-refractivity contribution in [2.45, 2.75) is 25.9 Å². The zero-order chi connectivity index (χ0) is 23.4. The Bertz CT molecular complexity index is 1080. The molecule has 1 aromatic heterocycles. The molecule has 1 aliphatic heterocycles. The lowest BCUT2D eigenvalue weighted by Crippen LogP contribution is -2.48. The van der Waals surface area contributed by atoms with Gasteiger partial charge in [0.25, 0.3) is 5.91 Å². The third kappa shape index (κ3) is 5.37. The summed E-state index contributed by atoms with van der Waals surface area (Å²) in [5.74, 6) is -2.19. The summed E-state index contributed by atoms with van der Waals surface area (Å²) in [6.45, 7) is 8.35. The van der Waals surface area contributed by atoms with E-state index in [2.05, 4.69) is 33.9 Å². The van der Waals surface area contributed by atoms with Gasteiger partial charge >= 0.3 is 0 Å². The van der Waals surface area contributed by atoms with Crippen molar-refractivity contribution in [3.63, 3.8) is 0 Å². The Morgan fingerprint density at radius 3 is 2.27 bits per heavy atom. The van der Waals surface area contributed by atoms with Crippen molar-refractivity contribution in [3.8, 4) is 0 Å². The fraction of sp³-hybridized carbons (Fsp3) is 0.308. The second-order valence-electron chi connectivity index (χ2n) is 8.53. The summed E-state index contributed by atoms with van der Waals surface area (Å²) in [5.41, 5.74) is 2.70. The molecule has 0 aliphatic carbocycles. The first-order valence-corrected chi connectivity index (χ1v) is 11.2. The summed E-state index contributed by atoms with van der Waals surface area (Å²) in [5, 5.41) is 2.94. The zero-order valence-corrected chi connectivity index (χ0v) is 18.8. The van der Waals surface area contributed by atoms with Gasteiger partial charge in [-0.15, -0.1) is 0 Å². The molecule has 0 saturated carbocycles. The van der Waals surface area contributed by atoms with Crippen molar-refractivity contribution in [1.29, 1.82) is 0 Å². The van der Waals surface area contributed by atoms with E-state index in [1.807, 2.05) is 12.1 Å². The highest BCUT2D eigenvalue weighted by Crippen LogP contribution is 2.24. The molecule has 1 atom stereocenters. The number of carbonyl (C=O) groups excluding carboxylic acids is 1. The number of nitrogens with zero attached hydrogens (tertiary/aromatic N) is 3. The molecule has 2 aromatic carbocycles. The fourth-order valence-corrected chi connectivity index (χ4v) is 4.13. The fourth-order valence-electron chi connectivity index (χ4n) is 4.13. The number of carbonyl (C=O) groups is 1. The van der Waals surface area contributed by atoms with Gasteiger partial charge in [-0.2, -0.15) is 0 Å². The van der Waals surface area contributed by atoms with E-state index in [1.165, 1.54) is 6.07 Å². The zero-order valence-electron chi connectivity index (χ0n) is 18.8. The van der Waals surface area contributed by atoms with Crippen molar-refractivity contribution >= 4 is 11.6 Å². The lowest BCUT2D eigenvalue weighted by Gasteiger charge is -2.38. The molecule has 4 rings (SSSR count). The maximum absolute atomic E-state index is 13.9. The van der Waals surface area contributed by atoms with E-state index < -0.39 is 17.7 Å². The molecule has 1 N–H and O–H groups in total. The van der Waals surface area contributed by atoms with E-state index in [1.54, 1.807) is 36.7 Å². The van der Waals surface area contributed by atoms with Crippen LogP contribution in [-0.2, 0) is 0 Å². The number of piperazine rings is 1. The maximum atomic E-state index is 13.9. The Balaban J connectivity index is 1.49. The van der Waals surface area contributed by atoms with Crippen LogP contribution in [0.15, 0.2) is 67.0 Å². The Morgan fingerprint density at radius 1 is 0.939 bits per heavy atom. The van der Waals surface area contributed by atoms with Gasteiger partial charge in [-0.05, 0) is 67.4 Å². The van der Waals surface area contributed by atoms with Gasteiger partial charge in [-0.3, -0.25) is 14.7 Å². The first kappa shape index (κ1) is 22.9. The molecule has 0 bridgehead atoms. The summed E-state index contributed by atoms with van der Waals surface area (Å²) in [6, 6.07) is 14.5. The molecule has 1 aliphatic rings. The summed E-state index contributed by atoms with van der Waals surface area (Å²) < 4.78 is 27.4. The lowest BCUT2D eigenvalue weighted by molar-refractivity contribution is 0.0943. The number of rotatable bonds is 6. The van der Waals surface area contributed by atoms with Crippen LogP contribution in [-0.4, -0.2) is 48.0 Å². The predicted molar refractivity (Wildman–Crippen MR) is 125 cm³/mol. The summed E-state index contributed by atoms with van der Waals surface area (Å²) in [4.78, 5) is 21.9. The SMILES string of the molecule is CC(C)N1CCN(c2ccc(C(=O)NC(c3cccnc3)c3ccc(F)c(F)c3)cc2)CC1. The van der Waals surface area contributed by atoms with Crippen molar-refractivity contribution in [2.75, 3.05) is 31.1 Å². The third-order valence-corrected chi connectivity index (χ3v) is 6.11. The third-order valence-electron chi connectivity index (χ3n) is 6.11. The van der Waals surface area contributed by atoms with Crippen LogP contribution < -0.4 is 10.2 Å². The van der Waals surface area contributed by atoms with E-state index in [-0.39, 0.29) is 5.91 Å². The topological polar surface area (TPSA) is 48.5 Å². The quantitative estimate of drug-likeness (QED) is 0.605. The first-order chi connectivity index (χ1) is 15.9. The molecule has 7 heteroatoms. The van der Waals surface area contributed by atoms with Crippen LogP contribution in [0.2, 0.25) is 0 Å². The Kier molecular flexibility index (Phi) is 6.99. The van der Waals surface area contributed by atoms with Gasteiger partial charge in [0.05, 0.1) is 6.04 Å². The maximum Gasteiger partial charge on any atom is 0.252 e. The molecule has 5 nitrogen and oxygen atoms in total. The van der Waals surface area contributed by atoms with Crippen molar-refractivity contribution in [3.05, 3.63) is 95.3 Å². The van der Waals surface area contributed by atoms with E-state index in [0.29, 0.717) is 22.7 Å². The molecular weight excluding hydrogens is 422 g/mol. The molecule has 0 radical (unpaired) electrons. The molecule has 2 heterocycles. The number of nitrogens with one attached hydrogen (secondary N) is 1. The molecule has 1 saturated heterocycles. The van der Waals surface area contributed by atoms with Crippen LogP contribution in [0.3, 0.4) is 0 Å². The van der Waals surface area contributed by atoms with Crippen LogP contribution in [0.25, 0.3) is 0 Å². The number of hydrogen-bond donors (Lipinski definition) is 1. The number of anilines is 1. The van der Waals surface area contributed by atoms with E-state index >= 15 is 0 Å². The largest absolute Gasteiger partial charge is 0.369 e. The van der Waals surface area contributed by atoms with Gasteiger partial charge in [0, 0.05) is 55.9 Å². The normalized spacial score (nSPS) is 15.5. The average Bonchev–Trinajstić information content (AvgIpc) is 2.85. The van der Waals surface area contributed by atoms with E-state index in [0.717, 1.165) is 44.0 Å². The predicted octanol–water partition coefficient (Wildman–Crippen LogP) is 4.41. The standard InChI is InChI=1S/C26H28F2N4O/c1-18(2)31-12-14-32(15-13-31)22-8-5-19(6-9-22)26(33)30-25(21-4-3-11-29-17-21)20-7-10-23(27)24(28)16-20/h3-11,16-18,25H,12-15H2,1-2H3,(H,30,33). The molecule has 3 aromatic rings. The smallest absolute Gasteiger partial charge is 0.252 e. The second-order valence-corrected chi connectivity index (χ2v) is 8.53. The van der Waals surface area contributed by atoms with Gasteiger partial charge in [0.1, 0.15) is 0 Å².